The van der Waals surface area contributed by atoms with Crippen LogP contribution in [-0.4, -0.2) is 16.2 Å². The second-order valence-electron chi connectivity index (χ2n) is 9.03. The standard InChI is InChI=1S/C31H32O4/c1-3-27(21(2)31(33)34)29-17-12-24-19-25(32)13-18-28(24)30(29)16-11-22-9-14-26(15-10-22)35-20-23-7-5-4-6-8-23/h4-9,12-15,17-19,22,32H,3,10-11,16,20H2,1-2H3,(H,33,34)/b27-21+. The fourth-order valence-electron chi connectivity index (χ4n) is 4.76. The average molecular weight is 469 g/mol. The molecule has 2 N–H and O–H groups in total. The van der Waals surface area contributed by atoms with Crippen molar-refractivity contribution >= 4 is 22.3 Å². The van der Waals surface area contributed by atoms with Crippen molar-refractivity contribution in [2.24, 2.45) is 5.92 Å². The smallest absolute Gasteiger partial charge is 0.331 e. The molecule has 3 aromatic carbocycles. The van der Waals surface area contributed by atoms with Crippen LogP contribution in [0.3, 0.4) is 0 Å². The molecule has 0 heterocycles. The van der Waals surface area contributed by atoms with Crippen molar-refractivity contribution in [3.63, 3.8) is 0 Å². The van der Waals surface area contributed by atoms with Gasteiger partial charge < -0.3 is 14.9 Å². The summed E-state index contributed by atoms with van der Waals surface area (Å²) >= 11 is 0. The minimum atomic E-state index is -0.887. The van der Waals surface area contributed by atoms with Gasteiger partial charge in [0.1, 0.15) is 18.1 Å². The number of aryl methyl sites for hydroxylation is 1. The molecule has 0 spiro atoms. The molecule has 180 valence electrons. The van der Waals surface area contributed by atoms with Gasteiger partial charge in [0.15, 0.2) is 0 Å². The first-order chi connectivity index (χ1) is 17.0. The highest BCUT2D eigenvalue weighted by molar-refractivity contribution is 5.99. The lowest BCUT2D eigenvalue weighted by atomic mass is 9.85. The monoisotopic (exact) mass is 468 g/mol. The van der Waals surface area contributed by atoms with Crippen LogP contribution in [0.4, 0.5) is 0 Å². The fraction of sp³-hybridized carbons (Fsp3) is 0.258. The van der Waals surface area contributed by atoms with E-state index in [0.717, 1.165) is 58.1 Å². The normalized spacial score (nSPS) is 16.1. The molecule has 0 aromatic heterocycles. The lowest BCUT2D eigenvalue weighted by Crippen LogP contribution is -2.07. The zero-order valence-electron chi connectivity index (χ0n) is 20.3. The molecule has 1 atom stereocenters. The molecule has 1 aliphatic carbocycles. The molecule has 0 bridgehead atoms. The van der Waals surface area contributed by atoms with Crippen molar-refractivity contribution in [3.8, 4) is 5.75 Å². The predicted molar refractivity (Wildman–Crippen MR) is 141 cm³/mol. The largest absolute Gasteiger partial charge is 0.508 e. The molecule has 1 unspecified atom stereocenters. The van der Waals surface area contributed by atoms with Crippen molar-refractivity contribution in [1.82, 2.24) is 0 Å². The number of hydrogen-bond donors (Lipinski definition) is 2. The molecule has 0 aliphatic heterocycles. The number of allylic oxidation sites excluding steroid dienone is 4. The van der Waals surface area contributed by atoms with Crippen molar-refractivity contribution < 1.29 is 19.7 Å². The van der Waals surface area contributed by atoms with Crippen LogP contribution < -0.4 is 0 Å². The quantitative estimate of drug-likeness (QED) is 0.321. The number of carboxylic acid groups (broad SMARTS) is 1. The summed E-state index contributed by atoms with van der Waals surface area (Å²) in [6.07, 6.45) is 9.74. The molecular formula is C31H32O4. The molecular weight excluding hydrogens is 436 g/mol. The zero-order valence-corrected chi connectivity index (χ0v) is 20.3. The number of aromatic hydroxyl groups is 1. The van der Waals surface area contributed by atoms with Crippen molar-refractivity contribution in [2.45, 2.75) is 46.1 Å². The van der Waals surface area contributed by atoms with Gasteiger partial charge in [0.2, 0.25) is 0 Å². The van der Waals surface area contributed by atoms with E-state index in [1.165, 1.54) is 0 Å². The maximum Gasteiger partial charge on any atom is 0.331 e. The van der Waals surface area contributed by atoms with Crippen LogP contribution in [0, 0.1) is 5.92 Å². The third-order valence-corrected chi connectivity index (χ3v) is 6.73. The summed E-state index contributed by atoms with van der Waals surface area (Å²) in [5.41, 5.74) is 4.52. The first-order valence-electron chi connectivity index (χ1n) is 12.2. The number of fused-ring (bicyclic) bond motifs is 1. The van der Waals surface area contributed by atoms with E-state index >= 15 is 0 Å². The first kappa shape index (κ1) is 24.3. The number of phenols is 1. The second-order valence-corrected chi connectivity index (χ2v) is 9.03. The average Bonchev–Trinajstić information content (AvgIpc) is 2.88. The summed E-state index contributed by atoms with van der Waals surface area (Å²) in [4.78, 5) is 11.8. The molecule has 3 aromatic rings. The Hall–Kier alpha value is -3.79. The van der Waals surface area contributed by atoms with Gasteiger partial charge >= 0.3 is 5.97 Å². The SMILES string of the molecule is CC/C(=C(/C)C(=O)O)c1ccc2cc(O)ccc2c1CCC1C=CC(OCc2ccccc2)=CC1. The molecule has 0 saturated carbocycles. The third-order valence-electron chi connectivity index (χ3n) is 6.73. The van der Waals surface area contributed by atoms with Crippen LogP contribution in [-0.2, 0) is 22.6 Å². The number of hydrogen-bond acceptors (Lipinski definition) is 3. The number of ether oxygens (including phenoxy) is 1. The lowest BCUT2D eigenvalue weighted by Gasteiger charge is -2.20. The topological polar surface area (TPSA) is 66.8 Å². The van der Waals surface area contributed by atoms with Crippen LogP contribution >= 0.6 is 0 Å². The summed E-state index contributed by atoms with van der Waals surface area (Å²) in [6.45, 7) is 4.23. The lowest BCUT2D eigenvalue weighted by molar-refractivity contribution is -0.132. The van der Waals surface area contributed by atoms with Gasteiger partial charge in [-0.25, -0.2) is 4.79 Å². The van der Waals surface area contributed by atoms with E-state index in [4.69, 9.17) is 4.74 Å². The van der Waals surface area contributed by atoms with Gasteiger partial charge in [0, 0.05) is 5.57 Å². The van der Waals surface area contributed by atoms with Gasteiger partial charge in [0.25, 0.3) is 0 Å². The van der Waals surface area contributed by atoms with Gasteiger partial charge in [-0.3, -0.25) is 0 Å². The van der Waals surface area contributed by atoms with Gasteiger partial charge in [-0.1, -0.05) is 61.5 Å². The number of carboxylic acids is 1. The Morgan fingerprint density at radius 3 is 2.57 bits per heavy atom. The summed E-state index contributed by atoms with van der Waals surface area (Å²) in [5.74, 6) is 0.628. The summed E-state index contributed by atoms with van der Waals surface area (Å²) in [7, 11) is 0. The molecule has 0 saturated heterocycles. The maximum absolute atomic E-state index is 11.8. The Kier molecular flexibility index (Phi) is 7.71. The van der Waals surface area contributed by atoms with E-state index < -0.39 is 5.97 Å². The Bertz CT molecular complexity index is 1300. The van der Waals surface area contributed by atoms with Gasteiger partial charge in [0.05, 0.1) is 0 Å². The summed E-state index contributed by atoms with van der Waals surface area (Å²) in [5, 5.41) is 21.6. The molecule has 0 amide bonds. The minimum absolute atomic E-state index is 0.229. The number of carbonyl (C=O) groups is 1. The summed E-state index contributed by atoms with van der Waals surface area (Å²) < 4.78 is 5.95. The van der Waals surface area contributed by atoms with Gasteiger partial charge in [-0.2, -0.15) is 0 Å². The number of phenolic OH excluding ortho intramolecular Hbond substituents is 1. The Morgan fingerprint density at radius 1 is 1.09 bits per heavy atom. The molecule has 0 radical (unpaired) electrons. The van der Waals surface area contributed by atoms with E-state index in [1.54, 1.807) is 19.1 Å². The van der Waals surface area contributed by atoms with E-state index in [0.29, 0.717) is 24.5 Å². The first-order valence-corrected chi connectivity index (χ1v) is 12.2. The Labute approximate surface area is 206 Å². The predicted octanol–water partition coefficient (Wildman–Crippen LogP) is 7.42. The highest BCUT2D eigenvalue weighted by atomic mass is 16.5. The maximum atomic E-state index is 11.8. The molecule has 0 fully saturated rings. The van der Waals surface area contributed by atoms with Gasteiger partial charge in [-0.05, 0) is 95.8 Å². The van der Waals surface area contributed by atoms with Crippen molar-refractivity contribution in [1.29, 1.82) is 0 Å². The van der Waals surface area contributed by atoms with Crippen LogP contribution in [0.15, 0.2) is 90.2 Å². The van der Waals surface area contributed by atoms with E-state index in [-0.39, 0.29) is 5.75 Å². The van der Waals surface area contributed by atoms with Crippen molar-refractivity contribution in [2.75, 3.05) is 0 Å². The van der Waals surface area contributed by atoms with Crippen LogP contribution in [0.1, 0.15) is 49.8 Å². The number of benzene rings is 3. The molecule has 35 heavy (non-hydrogen) atoms. The van der Waals surface area contributed by atoms with Gasteiger partial charge in [-0.15, -0.1) is 0 Å². The van der Waals surface area contributed by atoms with E-state index in [9.17, 15) is 15.0 Å². The number of rotatable bonds is 9. The zero-order chi connectivity index (χ0) is 24.8. The van der Waals surface area contributed by atoms with Crippen LogP contribution in [0.5, 0.6) is 5.75 Å². The summed E-state index contributed by atoms with van der Waals surface area (Å²) in [6, 6.07) is 19.5. The fourth-order valence-corrected chi connectivity index (χ4v) is 4.76. The highest BCUT2D eigenvalue weighted by Gasteiger charge is 2.18. The molecule has 4 nitrogen and oxygen atoms in total. The molecule has 1 aliphatic rings. The van der Waals surface area contributed by atoms with E-state index in [2.05, 4.69) is 30.4 Å². The van der Waals surface area contributed by atoms with Crippen LogP contribution in [0.2, 0.25) is 0 Å². The molecule has 4 rings (SSSR count). The van der Waals surface area contributed by atoms with Crippen molar-refractivity contribution in [3.05, 3.63) is 107 Å². The Morgan fingerprint density at radius 2 is 1.89 bits per heavy atom. The van der Waals surface area contributed by atoms with E-state index in [1.807, 2.05) is 43.3 Å². The Balaban J connectivity index is 1.53. The van der Waals surface area contributed by atoms with Crippen LogP contribution in [0.25, 0.3) is 16.3 Å². The highest BCUT2D eigenvalue weighted by Crippen LogP contribution is 2.34. The third kappa shape index (κ3) is 5.83. The number of aliphatic carboxylic acids is 1. The minimum Gasteiger partial charge on any atom is -0.508 e. The second kappa shape index (κ2) is 11.1. The molecule has 4 heteroatoms.